The molecule has 1 aromatic rings. The summed E-state index contributed by atoms with van der Waals surface area (Å²) < 4.78 is 5.88. The predicted molar refractivity (Wildman–Crippen MR) is 80.2 cm³/mol. The number of hydrogen-bond donors (Lipinski definition) is 1. The molecule has 1 saturated heterocycles. The van der Waals surface area contributed by atoms with Gasteiger partial charge in [0.25, 0.3) is 0 Å². The van der Waals surface area contributed by atoms with Gasteiger partial charge in [-0.25, -0.2) is 4.79 Å². The number of nitrogens with one attached hydrogen (secondary N) is 1. The van der Waals surface area contributed by atoms with Crippen molar-refractivity contribution in [3.8, 4) is 5.75 Å². The van der Waals surface area contributed by atoms with E-state index in [2.05, 4.69) is 10.3 Å². The highest BCUT2D eigenvalue weighted by Crippen LogP contribution is 2.20. The first kappa shape index (κ1) is 14.2. The van der Waals surface area contributed by atoms with Crippen molar-refractivity contribution in [2.75, 3.05) is 13.1 Å². The third kappa shape index (κ3) is 3.86. The zero-order chi connectivity index (χ0) is 14.5. The van der Waals surface area contributed by atoms with Crippen molar-refractivity contribution in [2.45, 2.75) is 50.7 Å². The summed E-state index contributed by atoms with van der Waals surface area (Å²) in [7, 11) is 0. The normalized spacial score (nSPS) is 23.0. The van der Waals surface area contributed by atoms with E-state index >= 15 is 0 Å². The number of pyridine rings is 1. The van der Waals surface area contributed by atoms with Gasteiger partial charge in [-0.2, -0.15) is 0 Å². The molecule has 5 nitrogen and oxygen atoms in total. The van der Waals surface area contributed by atoms with Crippen LogP contribution >= 0.6 is 0 Å². The van der Waals surface area contributed by atoms with E-state index in [1.807, 2.05) is 17.0 Å². The van der Waals surface area contributed by atoms with Gasteiger partial charge in [0.05, 0.1) is 6.54 Å². The van der Waals surface area contributed by atoms with Gasteiger partial charge in [-0.15, -0.1) is 0 Å². The van der Waals surface area contributed by atoms with Gasteiger partial charge in [0.15, 0.2) is 0 Å². The summed E-state index contributed by atoms with van der Waals surface area (Å²) in [6, 6.07) is 4.14. The molecule has 1 atom stereocenters. The molecule has 1 aliphatic carbocycles. The smallest absolute Gasteiger partial charge is 0.317 e. The number of rotatable bonds is 3. The van der Waals surface area contributed by atoms with Crippen molar-refractivity contribution in [3.05, 3.63) is 24.5 Å². The van der Waals surface area contributed by atoms with Crippen LogP contribution in [0.4, 0.5) is 4.79 Å². The highest BCUT2D eigenvalue weighted by molar-refractivity contribution is 5.74. The number of aromatic nitrogens is 1. The number of hydrogen-bond acceptors (Lipinski definition) is 3. The lowest BCUT2D eigenvalue weighted by atomic mass is 9.96. The molecule has 1 saturated carbocycles. The van der Waals surface area contributed by atoms with Crippen molar-refractivity contribution < 1.29 is 9.53 Å². The molecular weight excluding hydrogens is 266 g/mol. The standard InChI is InChI=1S/C16H23N3O2/c20-16(18-13-4-2-1-3-5-13)19-11-8-15(12-19)21-14-6-9-17-10-7-14/h6-7,9-10,13,15H,1-5,8,11-12H2,(H,18,20)/t15-/m1/s1. The van der Waals surface area contributed by atoms with Crippen molar-refractivity contribution in [1.82, 2.24) is 15.2 Å². The maximum atomic E-state index is 12.3. The highest BCUT2D eigenvalue weighted by atomic mass is 16.5. The van der Waals surface area contributed by atoms with Crippen LogP contribution in [0, 0.1) is 0 Å². The second kappa shape index (κ2) is 6.78. The van der Waals surface area contributed by atoms with Gasteiger partial charge in [-0.05, 0) is 25.0 Å². The van der Waals surface area contributed by atoms with Crippen molar-refractivity contribution in [1.29, 1.82) is 0 Å². The number of ether oxygens (including phenoxy) is 1. The van der Waals surface area contributed by atoms with Crippen molar-refractivity contribution >= 4 is 6.03 Å². The minimum absolute atomic E-state index is 0.0720. The molecule has 114 valence electrons. The summed E-state index contributed by atoms with van der Waals surface area (Å²) in [4.78, 5) is 18.1. The molecule has 1 aliphatic heterocycles. The summed E-state index contributed by atoms with van der Waals surface area (Å²) in [5.74, 6) is 0.824. The average Bonchev–Trinajstić information content (AvgIpc) is 2.98. The molecule has 2 fully saturated rings. The molecule has 0 spiro atoms. The number of amides is 2. The Labute approximate surface area is 125 Å². The molecule has 2 aliphatic rings. The Morgan fingerprint density at radius 3 is 2.71 bits per heavy atom. The number of carbonyl (C=O) groups is 1. The lowest BCUT2D eigenvalue weighted by Crippen LogP contribution is -2.45. The quantitative estimate of drug-likeness (QED) is 0.930. The van der Waals surface area contributed by atoms with E-state index in [-0.39, 0.29) is 12.1 Å². The molecule has 0 radical (unpaired) electrons. The van der Waals surface area contributed by atoms with Gasteiger partial charge >= 0.3 is 6.03 Å². The molecule has 0 aromatic carbocycles. The number of likely N-dealkylation sites (tertiary alicyclic amines) is 1. The second-order valence-electron chi connectivity index (χ2n) is 5.94. The Kier molecular flexibility index (Phi) is 4.58. The number of carbonyl (C=O) groups excluding carboxylic acids is 1. The average molecular weight is 289 g/mol. The van der Waals surface area contributed by atoms with Gasteiger partial charge < -0.3 is 15.0 Å². The fraction of sp³-hybridized carbons (Fsp3) is 0.625. The van der Waals surface area contributed by atoms with Gasteiger partial charge in [-0.3, -0.25) is 4.98 Å². The maximum absolute atomic E-state index is 12.3. The van der Waals surface area contributed by atoms with Crippen LogP contribution in [-0.4, -0.2) is 41.2 Å². The van der Waals surface area contributed by atoms with E-state index in [0.29, 0.717) is 12.6 Å². The van der Waals surface area contributed by atoms with Crippen LogP contribution < -0.4 is 10.1 Å². The van der Waals surface area contributed by atoms with Crippen LogP contribution in [0.1, 0.15) is 38.5 Å². The van der Waals surface area contributed by atoms with E-state index in [9.17, 15) is 4.79 Å². The Morgan fingerprint density at radius 2 is 1.95 bits per heavy atom. The van der Waals surface area contributed by atoms with E-state index in [1.165, 1.54) is 19.3 Å². The van der Waals surface area contributed by atoms with Gasteiger partial charge in [0.1, 0.15) is 11.9 Å². The van der Waals surface area contributed by atoms with Crippen LogP contribution in [0.25, 0.3) is 0 Å². The van der Waals surface area contributed by atoms with Crippen LogP contribution in [0.15, 0.2) is 24.5 Å². The van der Waals surface area contributed by atoms with Crippen LogP contribution in [0.3, 0.4) is 0 Å². The van der Waals surface area contributed by atoms with Crippen LogP contribution in [-0.2, 0) is 0 Å². The van der Waals surface area contributed by atoms with E-state index in [0.717, 1.165) is 31.6 Å². The first-order valence-corrected chi connectivity index (χ1v) is 7.93. The zero-order valence-electron chi connectivity index (χ0n) is 12.3. The zero-order valence-corrected chi connectivity index (χ0v) is 12.3. The molecule has 0 bridgehead atoms. The molecule has 5 heteroatoms. The second-order valence-corrected chi connectivity index (χ2v) is 5.94. The molecule has 0 unspecified atom stereocenters. The lowest BCUT2D eigenvalue weighted by molar-refractivity contribution is 0.182. The van der Waals surface area contributed by atoms with Crippen LogP contribution in [0.2, 0.25) is 0 Å². The third-order valence-corrected chi connectivity index (χ3v) is 4.32. The molecular formula is C16H23N3O2. The van der Waals surface area contributed by atoms with Crippen molar-refractivity contribution in [2.24, 2.45) is 0 Å². The number of urea groups is 1. The summed E-state index contributed by atoms with van der Waals surface area (Å²) in [6.45, 7) is 1.44. The maximum Gasteiger partial charge on any atom is 0.317 e. The largest absolute Gasteiger partial charge is 0.488 e. The lowest BCUT2D eigenvalue weighted by Gasteiger charge is -2.26. The molecule has 3 rings (SSSR count). The van der Waals surface area contributed by atoms with Gasteiger partial charge in [0.2, 0.25) is 0 Å². The Morgan fingerprint density at radius 1 is 1.19 bits per heavy atom. The summed E-state index contributed by atoms with van der Waals surface area (Å²) in [5, 5.41) is 3.17. The molecule has 2 heterocycles. The summed E-state index contributed by atoms with van der Waals surface area (Å²) in [5.41, 5.74) is 0. The molecule has 2 amide bonds. The molecule has 1 N–H and O–H groups in total. The van der Waals surface area contributed by atoms with E-state index in [4.69, 9.17) is 4.74 Å². The third-order valence-electron chi connectivity index (χ3n) is 4.32. The Hall–Kier alpha value is -1.78. The minimum Gasteiger partial charge on any atom is -0.488 e. The minimum atomic E-state index is 0.0720. The Bertz CT molecular complexity index is 460. The monoisotopic (exact) mass is 289 g/mol. The van der Waals surface area contributed by atoms with Gasteiger partial charge in [0, 0.05) is 31.4 Å². The van der Waals surface area contributed by atoms with Gasteiger partial charge in [-0.1, -0.05) is 19.3 Å². The van der Waals surface area contributed by atoms with E-state index < -0.39 is 0 Å². The Balaban J connectivity index is 1.46. The molecule has 21 heavy (non-hydrogen) atoms. The van der Waals surface area contributed by atoms with Crippen LogP contribution in [0.5, 0.6) is 5.75 Å². The number of nitrogens with zero attached hydrogens (tertiary/aromatic N) is 2. The van der Waals surface area contributed by atoms with Crippen molar-refractivity contribution in [3.63, 3.8) is 0 Å². The topological polar surface area (TPSA) is 54.5 Å². The fourth-order valence-corrected chi connectivity index (χ4v) is 3.13. The van der Waals surface area contributed by atoms with E-state index in [1.54, 1.807) is 12.4 Å². The predicted octanol–water partition coefficient (Wildman–Crippen LogP) is 2.58. The SMILES string of the molecule is O=C(NC1CCCCC1)N1CC[C@@H](Oc2ccncc2)C1. The highest BCUT2D eigenvalue weighted by Gasteiger charge is 2.29. The summed E-state index contributed by atoms with van der Waals surface area (Å²) in [6.07, 6.45) is 10.4. The summed E-state index contributed by atoms with van der Waals surface area (Å²) >= 11 is 0. The fourth-order valence-electron chi connectivity index (χ4n) is 3.13. The first-order chi connectivity index (χ1) is 10.3. The first-order valence-electron chi connectivity index (χ1n) is 7.93. The molecule has 1 aromatic heterocycles.